The summed E-state index contributed by atoms with van der Waals surface area (Å²) in [6.45, 7) is 2.33. The van der Waals surface area contributed by atoms with E-state index < -0.39 is 0 Å². The molecule has 0 aliphatic rings. The van der Waals surface area contributed by atoms with Crippen LogP contribution >= 0.6 is 43.5 Å². The summed E-state index contributed by atoms with van der Waals surface area (Å²) in [7, 11) is 1.72. The van der Waals surface area contributed by atoms with Crippen molar-refractivity contribution < 1.29 is 4.79 Å². The van der Waals surface area contributed by atoms with Crippen molar-refractivity contribution in [2.24, 2.45) is 7.05 Å². The van der Waals surface area contributed by atoms with E-state index in [-0.39, 0.29) is 5.91 Å². The molecule has 0 aliphatic carbocycles. The summed E-state index contributed by atoms with van der Waals surface area (Å²) >= 11 is 13.0. The van der Waals surface area contributed by atoms with Crippen LogP contribution in [0.2, 0.25) is 5.02 Å². The van der Waals surface area contributed by atoms with Crippen LogP contribution in [0.1, 0.15) is 21.7 Å². The molecule has 6 nitrogen and oxygen atoms in total. The molecule has 0 atom stereocenters. The third kappa shape index (κ3) is 3.80. The number of amides is 1. The smallest absolute Gasteiger partial charge is 0.276 e. The van der Waals surface area contributed by atoms with E-state index in [1.54, 1.807) is 17.9 Å². The number of anilines is 1. The van der Waals surface area contributed by atoms with Crippen LogP contribution in [0.25, 0.3) is 0 Å². The Morgan fingerprint density at radius 1 is 1.28 bits per heavy atom. The number of hydrogen-bond donors (Lipinski definition) is 1. The van der Waals surface area contributed by atoms with Gasteiger partial charge in [0.2, 0.25) is 0 Å². The number of nitrogens with one attached hydrogen (secondary N) is 1. The van der Waals surface area contributed by atoms with Crippen molar-refractivity contribution >= 4 is 55.2 Å². The second-order valence-electron chi connectivity index (χ2n) is 5.44. The topological polar surface area (TPSA) is 64.7 Å². The van der Waals surface area contributed by atoms with Crippen molar-refractivity contribution in [2.45, 2.75) is 13.5 Å². The predicted octanol–water partition coefficient (Wildman–Crippen LogP) is 4.40. The first-order valence-corrected chi connectivity index (χ1v) is 9.30. The summed E-state index contributed by atoms with van der Waals surface area (Å²) in [6, 6.07) is 7.57. The summed E-state index contributed by atoms with van der Waals surface area (Å²) in [5.41, 5.74) is 2.13. The molecule has 0 saturated heterocycles. The molecule has 0 aliphatic heterocycles. The van der Waals surface area contributed by atoms with Crippen LogP contribution < -0.4 is 5.32 Å². The van der Waals surface area contributed by atoms with E-state index in [9.17, 15) is 4.79 Å². The van der Waals surface area contributed by atoms with Crippen molar-refractivity contribution in [3.8, 4) is 0 Å². The van der Waals surface area contributed by atoms with E-state index >= 15 is 0 Å². The van der Waals surface area contributed by atoms with Crippen LogP contribution in [-0.4, -0.2) is 25.5 Å². The number of aryl methyl sites for hydroxylation is 2. The fourth-order valence-corrected chi connectivity index (χ4v) is 3.54. The summed E-state index contributed by atoms with van der Waals surface area (Å²) in [6.07, 6.45) is 1.79. The minimum absolute atomic E-state index is 0.293. The lowest BCUT2D eigenvalue weighted by atomic mass is 10.2. The Morgan fingerprint density at radius 2 is 2.00 bits per heavy atom. The molecule has 1 amide bonds. The normalized spacial score (nSPS) is 10.9. The van der Waals surface area contributed by atoms with Crippen LogP contribution in [0.4, 0.5) is 5.82 Å². The highest BCUT2D eigenvalue weighted by Gasteiger charge is 2.20. The second-order valence-corrected chi connectivity index (χ2v) is 7.49. The van der Waals surface area contributed by atoms with Gasteiger partial charge in [0.25, 0.3) is 5.91 Å². The third-order valence-corrected chi connectivity index (χ3v) is 5.50. The van der Waals surface area contributed by atoms with Crippen molar-refractivity contribution in [2.75, 3.05) is 5.32 Å². The van der Waals surface area contributed by atoms with Crippen LogP contribution in [0.5, 0.6) is 0 Å². The third-order valence-electron chi connectivity index (χ3n) is 3.60. The number of benzene rings is 1. The van der Waals surface area contributed by atoms with Crippen LogP contribution in [0.3, 0.4) is 0 Å². The molecule has 1 aromatic carbocycles. The molecule has 1 N–H and O–H groups in total. The van der Waals surface area contributed by atoms with Gasteiger partial charge in [-0.2, -0.15) is 10.2 Å². The van der Waals surface area contributed by atoms with E-state index in [0.29, 0.717) is 32.0 Å². The van der Waals surface area contributed by atoms with Gasteiger partial charge in [-0.15, -0.1) is 0 Å². The molecule has 2 aromatic heterocycles. The number of aromatic nitrogens is 4. The van der Waals surface area contributed by atoms with Gasteiger partial charge in [0.05, 0.1) is 21.2 Å². The Morgan fingerprint density at radius 3 is 2.64 bits per heavy atom. The van der Waals surface area contributed by atoms with Gasteiger partial charge in [-0.25, -0.2) is 0 Å². The van der Waals surface area contributed by atoms with Gasteiger partial charge in [0.15, 0.2) is 5.82 Å². The molecule has 0 unspecified atom stereocenters. The van der Waals surface area contributed by atoms with Crippen LogP contribution in [-0.2, 0) is 13.6 Å². The number of nitrogens with zero attached hydrogens (tertiary/aromatic N) is 4. The lowest BCUT2D eigenvalue weighted by Crippen LogP contribution is -2.17. The number of carbonyl (C=O) groups is 1. The molecule has 9 heteroatoms. The zero-order chi connectivity index (χ0) is 18.1. The Hall–Kier alpha value is -1.64. The summed E-state index contributed by atoms with van der Waals surface area (Å²) in [5, 5.41) is 12.1. The van der Waals surface area contributed by atoms with Gasteiger partial charge in [-0.05, 0) is 50.4 Å². The Bertz CT molecular complexity index is 950. The Balaban J connectivity index is 1.81. The van der Waals surface area contributed by atoms with Crippen LogP contribution in [0, 0.1) is 6.92 Å². The maximum atomic E-state index is 12.5. The van der Waals surface area contributed by atoms with Gasteiger partial charge >= 0.3 is 0 Å². The van der Waals surface area contributed by atoms with E-state index in [4.69, 9.17) is 11.6 Å². The highest BCUT2D eigenvalue weighted by Crippen LogP contribution is 2.25. The van der Waals surface area contributed by atoms with Gasteiger partial charge in [-0.3, -0.25) is 14.2 Å². The number of halogens is 3. The van der Waals surface area contributed by atoms with Gasteiger partial charge in [0, 0.05) is 18.3 Å². The predicted molar refractivity (Wildman–Crippen MR) is 104 cm³/mol. The average molecular weight is 488 g/mol. The molecule has 0 radical (unpaired) electrons. The number of rotatable bonds is 4. The van der Waals surface area contributed by atoms with E-state index in [0.717, 1.165) is 11.3 Å². The molecule has 25 heavy (non-hydrogen) atoms. The first kappa shape index (κ1) is 18.2. The average Bonchev–Trinajstić information content (AvgIpc) is 3.01. The Kier molecular flexibility index (Phi) is 5.31. The maximum absolute atomic E-state index is 12.5. The van der Waals surface area contributed by atoms with E-state index in [2.05, 4.69) is 47.4 Å². The molecule has 130 valence electrons. The fraction of sp³-hybridized carbons (Fsp3) is 0.188. The monoisotopic (exact) mass is 485 g/mol. The fourth-order valence-electron chi connectivity index (χ4n) is 2.41. The van der Waals surface area contributed by atoms with Crippen molar-refractivity contribution in [3.63, 3.8) is 0 Å². The number of carbonyl (C=O) groups excluding carboxylic acids is 1. The molecule has 2 heterocycles. The van der Waals surface area contributed by atoms with Crippen molar-refractivity contribution in [1.29, 1.82) is 0 Å². The van der Waals surface area contributed by atoms with Crippen LogP contribution in [0.15, 0.2) is 39.4 Å². The summed E-state index contributed by atoms with van der Waals surface area (Å²) in [5.74, 6) is 0.140. The maximum Gasteiger partial charge on any atom is 0.276 e. The second kappa shape index (κ2) is 7.31. The lowest BCUT2D eigenvalue weighted by molar-refractivity contribution is 0.101. The largest absolute Gasteiger partial charge is 0.303 e. The quantitative estimate of drug-likeness (QED) is 0.593. The minimum Gasteiger partial charge on any atom is -0.303 e. The van der Waals surface area contributed by atoms with E-state index in [1.165, 1.54) is 4.68 Å². The molecule has 0 spiro atoms. The lowest BCUT2D eigenvalue weighted by Gasteiger charge is -2.05. The van der Waals surface area contributed by atoms with Gasteiger partial charge in [0.1, 0.15) is 5.69 Å². The molecular weight excluding hydrogens is 473 g/mol. The van der Waals surface area contributed by atoms with Crippen molar-refractivity contribution in [3.05, 3.63) is 61.4 Å². The van der Waals surface area contributed by atoms with Crippen molar-refractivity contribution in [1.82, 2.24) is 19.6 Å². The molecule has 3 rings (SSSR count). The molecule has 0 bridgehead atoms. The minimum atomic E-state index is -0.293. The van der Waals surface area contributed by atoms with Gasteiger partial charge < -0.3 is 5.32 Å². The number of hydrogen-bond acceptors (Lipinski definition) is 3. The first-order chi connectivity index (χ1) is 11.9. The SMILES string of the molecule is Cc1nn(C)c(C(=O)Nc2nn(Cc3ccccc3Cl)cc2Br)c1Br. The Labute approximate surface area is 166 Å². The highest BCUT2D eigenvalue weighted by atomic mass is 79.9. The van der Waals surface area contributed by atoms with E-state index in [1.807, 2.05) is 31.2 Å². The molecule has 0 fully saturated rings. The standard InChI is InChI=1S/C16H14Br2ClN5O/c1-9-13(18)14(23(2)21-9)16(25)20-15-11(17)8-24(22-15)7-10-5-3-4-6-12(10)19/h3-6,8H,7H2,1-2H3,(H,20,22,25). The molecule has 3 aromatic rings. The highest BCUT2D eigenvalue weighted by molar-refractivity contribution is 9.11. The summed E-state index contributed by atoms with van der Waals surface area (Å²) < 4.78 is 4.59. The zero-order valence-electron chi connectivity index (χ0n) is 13.4. The molecular formula is C16H14Br2ClN5O. The zero-order valence-corrected chi connectivity index (χ0v) is 17.4. The molecule has 0 saturated carbocycles. The summed E-state index contributed by atoms with van der Waals surface area (Å²) in [4.78, 5) is 12.5. The van der Waals surface area contributed by atoms with Gasteiger partial charge in [-0.1, -0.05) is 29.8 Å². The first-order valence-electron chi connectivity index (χ1n) is 7.33.